The van der Waals surface area contributed by atoms with E-state index in [1.807, 2.05) is 48.5 Å². The summed E-state index contributed by atoms with van der Waals surface area (Å²) in [6, 6.07) is 14.3. The van der Waals surface area contributed by atoms with Gasteiger partial charge in [0, 0.05) is 19.2 Å². The number of nitrogens with two attached hydrogens (primary N) is 1. The molecule has 1 saturated carbocycles. The molecular formula is C27H34N4O4. The maximum atomic E-state index is 13.3. The van der Waals surface area contributed by atoms with Crippen molar-refractivity contribution < 1.29 is 19.1 Å². The van der Waals surface area contributed by atoms with Gasteiger partial charge in [0.15, 0.2) is 0 Å². The van der Waals surface area contributed by atoms with Gasteiger partial charge in [0.05, 0.1) is 0 Å². The topological polar surface area (TPSA) is 123 Å². The lowest BCUT2D eigenvalue weighted by molar-refractivity contribution is -0.125. The van der Waals surface area contributed by atoms with Gasteiger partial charge in [-0.3, -0.25) is 9.59 Å². The molecule has 3 amide bonds. The Labute approximate surface area is 206 Å². The van der Waals surface area contributed by atoms with E-state index in [0.29, 0.717) is 18.5 Å². The predicted molar refractivity (Wildman–Crippen MR) is 134 cm³/mol. The average Bonchev–Trinajstić information content (AvgIpc) is 3.23. The highest BCUT2D eigenvalue weighted by atomic mass is 16.5. The van der Waals surface area contributed by atoms with Gasteiger partial charge < -0.3 is 26.4 Å². The van der Waals surface area contributed by atoms with E-state index in [4.69, 9.17) is 10.5 Å². The van der Waals surface area contributed by atoms with Crippen molar-refractivity contribution in [3.63, 3.8) is 0 Å². The van der Waals surface area contributed by atoms with Crippen LogP contribution in [-0.2, 0) is 33.8 Å². The fourth-order valence-corrected chi connectivity index (χ4v) is 5.17. The lowest BCUT2D eigenvalue weighted by atomic mass is 9.83. The number of likely N-dealkylation sites (N-methyl/N-ethyl adjacent to an activating group) is 1. The number of benzene rings is 2. The molecule has 1 fully saturated rings. The molecule has 8 nitrogen and oxygen atoms in total. The summed E-state index contributed by atoms with van der Waals surface area (Å²) >= 11 is 0. The van der Waals surface area contributed by atoms with Crippen LogP contribution in [0.4, 0.5) is 10.5 Å². The number of ether oxygens (including phenoxy) is 1. The molecule has 5 N–H and O–H groups in total. The third kappa shape index (κ3) is 6.00. The molecular weight excluding hydrogens is 444 g/mol. The Morgan fingerprint density at radius 1 is 1.03 bits per heavy atom. The highest BCUT2D eigenvalue weighted by Crippen LogP contribution is 2.32. The fourth-order valence-electron chi connectivity index (χ4n) is 5.17. The first-order chi connectivity index (χ1) is 16.9. The van der Waals surface area contributed by atoms with Gasteiger partial charge in [-0.1, -0.05) is 55.7 Å². The largest absolute Gasteiger partial charge is 0.445 e. The van der Waals surface area contributed by atoms with Crippen molar-refractivity contribution in [1.29, 1.82) is 0 Å². The molecule has 2 aliphatic rings. The van der Waals surface area contributed by atoms with Gasteiger partial charge in [0.25, 0.3) is 0 Å². The Morgan fingerprint density at radius 2 is 1.74 bits per heavy atom. The quantitative estimate of drug-likeness (QED) is 0.487. The molecule has 4 rings (SSSR count). The van der Waals surface area contributed by atoms with Crippen LogP contribution in [-0.4, -0.2) is 36.5 Å². The number of carbonyl (C=O) groups excluding carboxylic acids is 3. The van der Waals surface area contributed by atoms with E-state index in [1.54, 1.807) is 7.05 Å². The molecule has 8 heteroatoms. The van der Waals surface area contributed by atoms with Gasteiger partial charge in [-0.15, -0.1) is 0 Å². The van der Waals surface area contributed by atoms with Crippen LogP contribution in [0.1, 0.15) is 48.8 Å². The van der Waals surface area contributed by atoms with Crippen molar-refractivity contribution in [2.24, 2.45) is 11.7 Å². The summed E-state index contributed by atoms with van der Waals surface area (Å²) in [4.78, 5) is 38.1. The first kappa shape index (κ1) is 24.7. The summed E-state index contributed by atoms with van der Waals surface area (Å²) < 4.78 is 5.38. The van der Waals surface area contributed by atoms with Crippen molar-refractivity contribution in [3.8, 4) is 0 Å². The Bertz CT molecular complexity index is 1070. The van der Waals surface area contributed by atoms with Crippen LogP contribution in [0, 0.1) is 5.92 Å². The maximum Gasteiger partial charge on any atom is 0.408 e. The van der Waals surface area contributed by atoms with Crippen LogP contribution in [0.2, 0.25) is 0 Å². The SMILES string of the molecule is CNC(=O)C1(N)Cc2ccc(NC(=O)[C@@H](NC(=O)OCc3ccccc3)C3CCCCC3)cc2C1. The van der Waals surface area contributed by atoms with Crippen molar-refractivity contribution in [2.45, 2.75) is 63.1 Å². The van der Waals surface area contributed by atoms with Gasteiger partial charge in [-0.05, 0) is 54.0 Å². The summed E-state index contributed by atoms with van der Waals surface area (Å²) in [6.07, 6.45) is 5.22. The normalized spacial score (nSPS) is 20.4. The number of carbonyl (C=O) groups is 3. The number of fused-ring (bicyclic) bond motifs is 1. The second kappa shape index (κ2) is 10.9. The third-order valence-corrected chi connectivity index (χ3v) is 7.05. The third-order valence-electron chi connectivity index (χ3n) is 7.05. The van der Waals surface area contributed by atoms with Crippen LogP contribution in [0.25, 0.3) is 0 Å². The zero-order valence-electron chi connectivity index (χ0n) is 20.1. The number of amides is 3. The Morgan fingerprint density at radius 3 is 2.46 bits per heavy atom. The Hall–Kier alpha value is -3.39. The number of rotatable bonds is 7. The minimum Gasteiger partial charge on any atom is -0.445 e. The highest BCUT2D eigenvalue weighted by molar-refractivity contribution is 5.97. The summed E-state index contributed by atoms with van der Waals surface area (Å²) in [5, 5.41) is 8.42. The van der Waals surface area contributed by atoms with Gasteiger partial charge in [-0.25, -0.2) is 4.79 Å². The molecule has 0 aliphatic heterocycles. The van der Waals surface area contributed by atoms with Crippen LogP contribution < -0.4 is 21.7 Å². The summed E-state index contributed by atoms with van der Waals surface area (Å²) in [5.74, 6) is -0.418. The van der Waals surface area contributed by atoms with E-state index in [0.717, 1.165) is 48.8 Å². The van der Waals surface area contributed by atoms with Crippen LogP contribution in [0.3, 0.4) is 0 Å². The molecule has 2 aromatic rings. The molecule has 2 aliphatic carbocycles. The van der Waals surface area contributed by atoms with Crippen LogP contribution >= 0.6 is 0 Å². The summed E-state index contributed by atoms with van der Waals surface area (Å²) in [7, 11) is 1.58. The lowest BCUT2D eigenvalue weighted by Crippen LogP contribution is -2.53. The minimum atomic E-state index is -0.978. The molecule has 0 saturated heterocycles. The smallest absolute Gasteiger partial charge is 0.408 e. The second-order valence-electron chi connectivity index (χ2n) is 9.64. The number of nitrogens with one attached hydrogen (secondary N) is 3. The Balaban J connectivity index is 1.43. The van der Waals surface area contributed by atoms with Crippen molar-refractivity contribution in [1.82, 2.24) is 10.6 Å². The number of hydrogen-bond donors (Lipinski definition) is 4. The van der Waals surface area contributed by atoms with E-state index in [2.05, 4.69) is 16.0 Å². The summed E-state index contributed by atoms with van der Waals surface area (Å²) in [6.45, 7) is 0.142. The standard InChI is InChI=1S/C27H34N4O4/c1-29-25(33)27(28)15-20-12-13-22(14-21(20)16-27)30-24(32)23(19-10-6-3-7-11-19)31-26(34)35-17-18-8-4-2-5-9-18/h2,4-5,8-9,12-14,19,23H,3,6-7,10-11,15-17,28H2,1H3,(H,29,33)(H,30,32)(H,31,34)/t23-,27?/m0/s1. The molecule has 0 radical (unpaired) electrons. The van der Waals surface area contributed by atoms with Gasteiger partial charge in [0.1, 0.15) is 18.2 Å². The number of hydrogen-bond acceptors (Lipinski definition) is 5. The molecule has 1 unspecified atom stereocenters. The van der Waals surface area contributed by atoms with Gasteiger partial charge in [-0.2, -0.15) is 0 Å². The first-order valence-corrected chi connectivity index (χ1v) is 12.3. The molecule has 0 bridgehead atoms. The zero-order chi connectivity index (χ0) is 24.8. The van der Waals surface area contributed by atoms with E-state index in [9.17, 15) is 14.4 Å². The monoisotopic (exact) mass is 478 g/mol. The molecule has 186 valence electrons. The average molecular weight is 479 g/mol. The molecule has 0 heterocycles. The van der Waals surface area contributed by atoms with Crippen molar-refractivity contribution >= 4 is 23.6 Å². The molecule has 2 aromatic carbocycles. The van der Waals surface area contributed by atoms with Crippen molar-refractivity contribution in [3.05, 3.63) is 65.2 Å². The zero-order valence-corrected chi connectivity index (χ0v) is 20.1. The number of anilines is 1. The maximum absolute atomic E-state index is 13.3. The summed E-state index contributed by atoms with van der Waals surface area (Å²) in [5.41, 5.74) is 8.79. The van der Waals surface area contributed by atoms with Gasteiger partial charge >= 0.3 is 6.09 Å². The predicted octanol–water partition coefficient (Wildman–Crippen LogP) is 3.04. The Kier molecular flexibility index (Phi) is 7.70. The highest BCUT2D eigenvalue weighted by Gasteiger charge is 2.40. The van der Waals surface area contributed by atoms with E-state index in [-0.39, 0.29) is 24.3 Å². The fraction of sp³-hybridized carbons (Fsp3) is 0.444. The minimum absolute atomic E-state index is 0.0485. The molecule has 0 aromatic heterocycles. The van der Waals surface area contributed by atoms with Crippen molar-refractivity contribution in [2.75, 3.05) is 12.4 Å². The van der Waals surface area contributed by atoms with E-state index in [1.165, 1.54) is 0 Å². The first-order valence-electron chi connectivity index (χ1n) is 12.3. The lowest BCUT2D eigenvalue weighted by Gasteiger charge is -2.29. The van der Waals surface area contributed by atoms with Crippen LogP contribution in [0.5, 0.6) is 0 Å². The van der Waals surface area contributed by atoms with Crippen LogP contribution in [0.15, 0.2) is 48.5 Å². The molecule has 35 heavy (non-hydrogen) atoms. The van der Waals surface area contributed by atoms with Gasteiger partial charge in [0.2, 0.25) is 11.8 Å². The molecule has 0 spiro atoms. The van der Waals surface area contributed by atoms with E-state index >= 15 is 0 Å². The molecule has 2 atom stereocenters. The number of alkyl carbamates (subject to hydrolysis) is 1. The second-order valence-corrected chi connectivity index (χ2v) is 9.64. The van der Waals surface area contributed by atoms with E-state index < -0.39 is 17.7 Å².